The van der Waals surface area contributed by atoms with Crippen molar-refractivity contribution in [2.45, 2.75) is 6.54 Å². The zero-order valence-corrected chi connectivity index (χ0v) is 7.03. The maximum Gasteiger partial charge on any atom is 0.211 e. The molecule has 0 amide bonds. The Labute approximate surface area is 72.9 Å². The largest absolute Gasteiger partial charge is 0.324 e. The van der Waals surface area contributed by atoms with Crippen LogP contribution in [0.15, 0.2) is 17.9 Å². The number of rotatable bonds is 2. The number of aromatic nitrogens is 4. The Balaban J connectivity index is 2.35. The van der Waals surface area contributed by atoms with E-state index in [1.54, 1.807) is 17.2 Å². The summed E-state index contributed by atoms with van der Waals surface area (Å²) in [6, 6.07) is 0. The van der Waals surface area contributed by atoms with Gasteiger partial charge in [0, 0.05) is 11.6 Å². The lowest BCUT2D eigenvalue weighted by atomic mass is 10.6. The second-order valence-corrected chi connectivity index (χ2v) is 3.00. The first-order valence-corrected chi connectivity index (χ1v) is 4.28. The Bertz CT molecular complexity index is 352. The fraction of sp³-hybridized carbons (Fsp3) is 0.167. The molecule has 0 aliphatic carbocycles. The van der Waals surface area contributed by atoms with Crippen LogP contribution in [-0.4, -0.2) is 19.7 Å². The van der Waals surface area contributed by atoms with Gasteiger partial charge in [0.15, 0.2) is 5.82 Å². The fourth-order valence-electron chi connectivity index (χ4n) is 0.812. The van der Waals surface area contributed by atoms with Gasteiger partial charge in [-0.05, 0) is 0 Å². The highest BCUT2D eigenvalue weighted by Crippen LogP contribution is 2.08. The molecule has 2 aromatic rings. The van der Waals surface area contributed by atoms with Crippen molar-refractivity contribution < 1.29 is 0 Å². The maximum absolute atomic E-state index is 5.36. The third-order valence-electron chi connectivity index (χ3n) is 1.34. The Morgan fingerprint density at radius 2 is 2.42 bits per heavy atom. The van der Waals surface area contributed by atoms with Gasteiger partial charge < -0.3 is 5.73 Å². The van der Waals surface area contributed by atoms with Crippen LogP contribution in [0.3, 0.4) is 0 Å². The van der Waals surface area contributed by atoms with E-state index >= 15 is 0 Å². The van der Waals surface area contributed by atoms with Crippen molar-refractivity contribution in [3.8, 4) is 5.13 Å². The van der Waals surface area contributed by atoms with Gasteiger partial charge in [-0.3, -0.25) is 0 Å². The summed E-state index contributed by atoms with van der Waals surface area (Å²) < 4.78 is 1.62. The van der Waals surface area contributed by atoms with Gasteiger partial charge in [0.25, 0.3) is 0 Å². The van der Waals surface area contributed by atoms with Gasteiger partial charge in [0.05, 0.1) is 6.54 Å². The lowest BCUT2D eigenvalue weighted by Crippen LogP contribution is -2.00. The van der Waals surface area contributed by atoms with E-state index in [4.69, 9.17) is 5.73 Å². The van der Waals surface area contributed by atoms with Crippen LogP contribution in [0.2, 0.25) is 0 Å². The molecule has 0 bridgehead atoms. The van der Waals surface area contributed by atoms with E-state index < -0.39 is 0 Å². The normalized spacial score (nSPS) is 10.4. The maximum atomic E-state index is 5.36. The third kappa shape index (κ3) is 1.21. The molecule has 62 valence electrons. The summed E-state index contributed by atoms with van der Waals surface area (Å²) in [4.78, 5) is 8.06. The molecular formula is C6H7N5S. The molecule has 12 heavy (non-hydrogen) atoms. The highest BCUT2D eigenvalue weighted by molar-refractivity contribution is 7.12. The molecule has 2 aromatic heterocycles. The SMILES string of the molecule is NCc1ncn(-c2nccs2)n1. The molecule has 0 spiro atoms. The van der Waals surface area contributed by atoms with Crippen molar-refractivity contribution >= 4 is 11.3 Å². The molecular weight excluding hydrogens is 174 g/mol. The van der Waals surface area contributed by atoms with Crippen LogP contribution in [0.5, 0.6) is 0 Å². The molecule has 2 heterocycles. The molecule has 0 saturated carbocycles. The average molecular weight is 181 g/mol. The summed E-state index contributed by atoms with van der Waals surface area (Å²) in [5, 5.41) is 6.80. The van der Waals surface area contributed by atoms with Gasteiger partial charge in [-0.2, -0.15) is 4.68 Å². The van der Waals surface area contributed by atoms with Crippen LogP contribution in [0.4, 0.5) is 0 Å². The van der Waals surface area contributed by atoms with Crippen molar-refractivity contribution in [3.05, 3.63) is 23.7 Å². The molecule has 2 rings (SSSR count). The van der Waals surface area contributed by atoms with Crippen LogP contribution in [0.1, 0.15) is 5.82 Å². The highest BCUT2D eigenvalue weighted by atomic mass is 32.1. The molecule has 0 aromatic carbocycles. The van der Waals surface area contributed by atoms with Gasteiger partial charge in [-0.25, -0.2) is 9.97 Å². The van der Waals surface area contributed by atoms with E-state index in [-0.39, 0.29) is 0 Å². The van der Waals surface area contributed by atoms with Crippen LogP contribution < -0.4 is 5.73 Å². The topological polar surface area (TPSA) is 69.6 Å². The second kappa shape index (κ2) is 3.00. The van der Waals surface area contributed by atoms with Crippen LogP contribution >= 0.6 is 11.3 Å². The summed E-state index contributed by atoms with van der Waals surface area (Å²) in [6.07, 6.45) is 3.34. The molecule has 5 nitrogen and oxygen atoms in total. The second-order valence-electron chi connectivity index (χ2n) is 2.12. The lowest BCUT2D eigenvalue weighted by molar-refractivity contribution is 0.824. The monoisotopic (exact) mass is 181 g/mol. The fourth-order valence-corrected chi connectivity index (χ4v) is 1.37. The lowest BCUT2D eigenvalue weighted by Gasteiger charge is -1.89. The zero-order valence-electron chi connectivity index (χ0n) is 6.21. The van der Waals surface area contributed by atoms with Crippen LogP contribution in [-0.2, 0) is 6.54 Å². The van der Waals surface area contributed by atoms with Crippen molar-refractivity contribution in [2.75, 3.05) is 0 Å². The highest BCUT2D eigenvalue weighted by Gasteiger charge is 2.01. The molecule has 0 fully saturated rings. The summed E-state index contributed by atoms with van der Waals surface area (Å²) in [5.41, 5.74) is 5.36. The van der Waals surface area contributed by atoms with Crippen LogP contribution in [0, 0.1) is 0 Å². The zero-order chi connectivity index (χ0) is 8.39. The minimum atomic E-state index is 0.359. The molecule has 2 N–H and O–H groups in total. The van der Waals surface area contributed by atoms with E-state index in [1.165, 1.54) is 11.3 Å². The molecule has 0 saturated heterocycles. The first kappa shape index (κ1) is 7.38. The predicted octanol–water partition coefficient (Wildman–Crippen LogP) is 0.182. The first-order valence-electron chi connectivity index (χ1n) is 3.40. The molecule has 0 atom stereocenters. The Hall–Kier alpha value is -1.27. The van der Waals surface area contributed by atoms with Crippen molar-refractivity contribution in [3.63, 3.8) is 0 Å². The summed E-state index contributed by atoms with van der Waals surface area (Å²) in [7, 11) is 0. The molecule has 0 radical (unpaired) electrons. The summed E-state index contributed by atoms with van der Waals surface area (Å²) in [5.74, 6) is 0.630. The van der Waals surface area contributed by atoms with E-state index in [1.807, 2.05) is 5.38 Å². The van der Waals surface area contributed by atoms with E-state index in [2.05, 4.69) is 15.1 Å². The molecule has 6 heteroatoms. The van der Waals surface area contributed by atoms with Gasteiger partial charge in [0.2, 0.25) is 5.13 Å². The number of nitrogens with two attached hydrogens (primary N) is 1. The van der Waals surface area contributed by atoms with E-state index in [0.29, 0.717) is 12.4 Å². The Morgan fingerprint density at radius 1 is 1.50 bits per heavy atom. The standard InChI is InChI=1S/C6H7N5S/c7-3-5-9-4-11(10-5)6-8-1-2-12-6/h1-2,4H,3,7H2. The summed E-state index contributed by atoms with van der Waals surface area (Å²) >= 11 is 1.51. The quantitative estimate of drug-likeness (QED) is 0.717. The van der Waals surface area contributed by atoms with Crippen LogP contribution in [0.25, 0.3) is 5.13 Å². The number of thiazole rings is 1. The Kier molecular flexibility index (Phi) is 1.84. The predicted molar refractivity (Wildman–Crippen MR) is 44.9 cm³/mol. The third-order valence-corrected chi connectivity index (χ3v) is 2.10. The summed E-state index contributed by atoms with van der Waals surface area (Å²) in [6.45, 7) is 0.359. The van der Waals surface area contributed by atoms with Gasteiger partial charge in [-0.1, -0.05) is 0 Å². The van der Waals surface area contributed by atoms with Gasteiger partial charge >= 0.3 is 0 Å². The smallest absolute Gasteiger partial charge is 0.211 e. The van der Waals surface area contributed by atoms with E-state index in [9.17, 15) is 0 Å². The molecule has 0 unspecified atom stereocenters. The van der Waals surface area contributed by atoms with Crippen molar-refractivity contribution in [2.24, 2.45) is 5.73 Å². The van der Waals surface area contributed by atoms with Crippen molar-refractivity contribution in [1.82, 2.24) is 19.7 Å². The minimum Gasteiger partial charge on any atom is -0.324 e. The first-order chi connectivity index (χ1) is 5.90. The molecule has 0 aliphatic heterocycles. The number of hydrogen-bond acceptors (Lipinski definition) is 5. The Morgan fingerprint density at radius 3 is 3.00 bits per heavy atom. The number of nitrogens with zero attached hydrogens (tertiary/aromatic N) is 4. The van der Waals surface area contributed by atoms with E-state index in [0.717, 1.165) is 5.13 Å². The molecule has 0 aliphatic rings. The average Bonchev–Trinajstić information content (AvgIpc) is 2.75. The van der Waals surface area contributed by atoms with Crippen molar-refractivity contribution in [1.29, 1.82) is 0 Å². The van der Waals surface area contributed by atoms with Gasteiger partial charge in [-0.15, -0.1) is 16.4 Å². The van der Waals surface area contributed by atoms with Gasteiger partial charge in [0.1, 0.15) is 6.33 Å². The minimum absolute atomic E-state index is 0.359. The number of hydrogen-bond donors (Lipinski definition) is 1.